The summed E-state index contributed by atoms with van der Waals surface area (Å²) in [5.41, 5.74) is 3.89. The molecule has 0 fully saturated rings. The van der Waals surface area contributed by atoms with E-state index in [1.807, 2.05) is 45.0 Å². The number of nitrogens with zero attached hydrogens (tertiary/aromatic N) is 2. The minimum absolute atomic E-state index is 0.0676. The standard InChI is InChI=1S/C31H43N5O7/c1-8-19(2)27(33-30(40)43-31(3,4)5)29(39)36-17-21-15-24(42-18-26(37)34-41)14-9-20(21)16-25(36)28(38)32-22-10-12-23(13-11-22)35(6)7/h9-15,19,25,27,41H,8,16-18H2,1-7H3,(H,32,38)(H,33,40)(H,34,37)/t19-,25-,27-/m0/s1. The Morgan fingerprint density at radius 2 is 1.74 bits per heavy atom. The van der Waals surface area contributed by atoms with Crippen molar-refractivity contribution in [2.45, 2.75) is 71.7 Å². The molecule has 12 heteroatoms. The van der Waals surface area contributed by atoms with E-state index >= 15 is 0 Å². The molecule has 0 aliphatic carbocycles. The van der Waals surface area contributed by atoms with Gasteiger partial charge < -0.3 is 29.9 Å². The van der Waals surface area contributed by atoms with Gasteiger partial charge in [0.2, 0.25) is 11.8 Å². The van der Waals surface area contributed by atoms with Crippen molar-refractivity contribution in [1.82, 2.24) is 15.7 Å². The maximum absolute atomic E-state index is 14.2. The Morgan fingerprint density at radius 1 is 1.07 bits per heavy atom. The van der Waals surface area contributed by atoms with E-state index in [0.29, 0.717) is 17.9 Å². The molecule has 1 heterocycles. The lowest BCUT2D eigenvalue weighted by Crippen LogP contribution is -2.58. The number of carbonyl (C=O) groups is 4. The van der Waals surface area contributed by atoms with E-state index in [9.17, 15) is 19.2 Å². The molecular formula is C31H43N5O7. The van der Waals surface area contributed by atoms with Gasteiger partial charge in [-0.25, -0.2) is 10.3 Å². The summed E-state index contributed by atoms with van der Waals surface area (Å²) >= 11 is 0. The third kappa shape index (κ3) is 9.08. The van der Waals surface area contributed by atoms with Gasteiger partial charge in [-0.05, 0) is 74.2 Å². The van der Waals surface area contributed by atoms with Crippen LogP contribution in [-0.2, 0) is 32.1 Å². The minimum atomic E-state index is -0.941. The second kappa shape index (κ2) is 14.2. The summed E-state index contributed by atoms with van der Waals surface area (Å²) in [5.74, 6) is -1.38. The maximum atomic E-state index is 14.2. The largest absolute Gasteiger partial charge is 0.484 e. The number of nitrogens with one attached hydrogen (secondary N) is 3. The van der Waals surface area contributed by atoms with E-state index < -0.39 is 42.2 Å². The van der Waals surface area contributed by atoms with Crippen LogP contribution in [0.5, 0.6) is 5.75 Å². The van der Waals surface area contributed by atoms with Gasteiger partial charge >= 0.3 is 6.09 Å². The predicted molar refractivity (Wildman–Crippen MR) is 162 cm³/mol. The molecule has 2 aromatic carbocycles. The predicted octanol–water partition coefficient (Wildman–Crippen LogP) is 3.47. The molecule has 4 N–H and O–H groups in total. The lowest BCUT2D eigenvalue weighted by atomic mass is 9.90. The second-order valence-electron chi connectivity index (χ2n) is 11.9. The zero-order chi connectivity index (χ0) is 31.9. The highest BCUT2D eigenvalue weighted by atomic mass is 16.6. The first-order valence-electron chi connectivity index (χ1n) is 14.3. The van der Waals surface area contributed by atoms with Crippen molar-refractivity contribution < 1.29 is 33.9 Å². The Morgan fingerprint density at radius 3 is 2.33 bits per heavy atom. The molecular weight excluding hydrogens is 554 g/mol. The highest BCUT2D eigenvalue weighted by Gasteiger charge is 2.40. The molecule has 3 atom stereocenters. The molecule has 0 unspecified atom stereocenters. The Kier molecular flexibility index (Phi) is 11.0. The molecule has 12 nitrogen and oxygen atoms in total. The van der Waals surface area contributed by atoms with Crippen LogP contribution in [0.2, 0.25) is 0 Å². The SMILES string of the molecule is CC[C@H](C)[C@H](NC(=O)OC(C)(C)C)C(=O)N1Cc2cc(OCC(=O)NO)ccc2C[C@H]1C(=O)Nc1ccc(N(C)C)cc1. The number of alkyl carbamates (subject to hydrolysis) is 1. The number of amides is 4. The number of rotatable bonds is 10. The van der Waals surface area contributed by atoms with Gasteiger partial charge in [0.1, 0.15) is 23.4 Å². The van der Waals surface area contributed by atoms with Gasteiger partial charge in [0.05, 0.1) is 0 Å². The molecule has 3 rings (SSSR count). The summed E-state index contributed by atoms with van der Waals surface area (Å²) in [6.07, 6.45) is 0.0968. The highest BCUT2D eigenvalue weighted by Crippen LogP contribution is 2.30. The summed E-state index contributed by atoms with van der Waals surface area (Å²) in [7, 11) is 3.85. The van der Waals surface area contributed by atoms with Crippen molar-refractivity contribution in [2.24, 2.45) is 5.92 Å². The van der Waals surface area contributed by atoms with Crippen LogP contribution in [0.4, 0.5) is 16.2 Å². The Balaban J connectivity index is 1.94. The summed E-state index contributed by atoms with van der Waals surface area (Å²) in [4.78, 5) is 55.6. The van der Waals surface area contributed by atoms with Gasteiger partial charge in [0, 0.05) is 38.4 Å². The van der Waals surface area contributed by atoms with Crippen LogP contribution in [0.25, 0.3) is 0 Å². The maximum Gasteiger partial charge on any atom is 0.408 e. The molecule has 0 radical (unpaired) electrons. The van der Waals surface area contributed by atoms with Crippen LogP contribution in [0.1, 0.15) is 52.2 Å². The van der Waals surface area contributed by atoms with Crippen molar-refractivity contribution in [1.29, 1.82) is 0 Å². The first-order chi connectivity index (χ1) is 20.2. The molecule has 1 aliphatic heterocycles. The zero-order valence-corrected chi connectivity index (χ0v) is 25.9. The molecule has 0 bridgehead atoms. The molecule has 234 valence electrons. The number of hydroxylamine groups is 1. The normalized spacial score (nSPS) is 15.8. The van der Waals surface area contributed by atoms with Crippen molar-refractivity contribution in [3.05, 3.63) is 53.6 Å². The Hall–Kier alpha value is -4.32. The summed E-state index contributed by atoms with van der Waals surface area (Å²) in [5, 5.41) is 14.4. The fraction of sp³-hybridized carbons (Fsp3) is 0.484. The average Bonchev–Trinajstić information content (AvgIpc) is 2.96. The first kappa shape index (κ1) is 33.2. The number of hydrogen-bond acceptors (Lipinski definition) is 8. The van der Waals surface area contributed by atoms with Crippen molar-refractivity contribution in [2.75, 3.05) is 30.9 Å². The molecule has 43 heavy (non-hydrogen) atoms. The monoisotopic (exact) mass is 597 g/mol. The van der Waals surface area contributed by atoms with Gasteiger partial charge in [-0.1, -0.05) is 26.3 Å². The summed E-state index contributed by atoms with van der Waals surface area (Å²) < 4.78 is 10.9. The van der Waals surface area contributed by atoms with Gasteiger partial charge in [0.25, 0.3) is 5.91 Å². The molecule has 0 saturated heterocycles. The molecule has 2 aromatic rings. The minimum Gasteiger partial charge on any atom is -0.484 e. The van der Waals surface area contributed by atoms with E-state index in [2.05, 4.69) is 10.6 Å². The second-order valence-corrected chi connectivity index (χ2v) is 11.9. The number of carbonyl (C=O) groups excluding carboxylic acids is 4. The topological polar surface area (TPSA) is 150 Å². The number of hydrogen-bond donors (Lipinski definition) is 4. The highest BCUT2D eigenvalue weighted by molar-refractivity contribution is 5.99. The Labute approximate surface area is 252 Å². The zero-order valence-electron chi connectivity index (χ0n) is 25.9. The average molecular weight is 598 g/mol. The van der Waals surface area contributed by atoms with Crippen LogP contribution < -0.4 is 25.8 Å². The number of benzene rings is 2. The van der Waals surface area contributed by atoms with Crippen molar-refractivity contribution in [3.63, 3.8) is 0 Å². The third-order valence-corrected chi connectivity index (χ3v) is 7.19. The van der Waals surface area contributed by atoms with E-state index in [1.54, 1.807) is 51.1 Å². The quantitative estimate of drug-likeness (QED) is 0.240. The molecule has 0 aromatic heterocycles. The fourth-order valence-corrected chi connectivity index (χ4v) is 4.66. The van der Waals surface area contributed by atoms with Crippen molar-refractivity contribution >= 4 is 35.2 Å². The van der Waals surface area contributed by atoms with E-state index in [4.69, 9.17) is 14.7 Å². The smallest absolute Gasteiger partial charge is 0.408 e. The molecule has 1 aliphatic rings. The first-order valence-corrected chi connectivity index (χ1v) is 14.3. The van der Waals surface area contributed by atoms with E-state index in [-0.39, 0.29) is 24.8 Å². The molecule has 4 amide bonds. The Bertz CT molecular complexity index is 1310. The van der Waals surface area contributed by atoms with E-state index in [1.165, 1.54) is 10.4 Å². The van der Waals surface area contributed by atoms with Crippen molar-refractivity contribution in [3.8, 4) is 5.75 Å². The van der Waals surface area contributed by atoms with Crippen LogP contribution in [0.3, 0.4) is 0 Å². The van der Waals surface area contributed by atoms with Crippen LogP contribution in [0.15, 0.2) is 42.5 Å². The van der Waals surface area contributed by atoms with Gasteiger partial charge in [-0.15, -0.1) is 0 Å². The fourth-order valence-electron chi connectivity index (χ4n) is 4.66. The van der Waals surface area contributed by atoms with Crippen LogP contribution >= 0.6 is 0 Å². The van der Waals surface area contributed by atoms with E-state index in [0.717, 1.165) is 16.8 Å². The number of fused-ring (bicyclic) bond motifs is 1. The van der Waals surface area contributed by atoms with Gasteiger partial charge in [0.15, 0.2) is 6.61 Å². The van der Waals surface area contributed by atoms with Gasteiger partial charge in [-0.3, -0.25) is 19.6 Å². The van der Waals surface area contributed by atoms with Crippen LogP contribution in [-0.4, -0.2) is 72.3 Å². The summed E-state index contributed by atoms with van der Waals surface area (Å²) in [6.45, 7) is 8.67. The number of ether oxygens (including phenoxy) is 2. The summed E-state index contributed by atoms with van der Waals surface area (Å²) in [6, 6.07) is 10.7. The van der Waals surface area contributed by atoms with Gasteiger partial charge in [-0.2, -0.15) is 0 Å². The van der Waals surface area contributed by atoms with Crippen LogP contribution in [0, 0.1) is 5.92 Å². The molecule has 0 saturated carbocycles. The number of anilines is 2. The lowest BCUT2D eigenvalue weighted by molar-refractivity contribution is -0.142. The third-order valence-electron chi connectivity index (χ3n) is 7.19. The lowest BCUT2D eigenvalue weighted by Gasteiger charge is -2.39. The molecule has 0 spiro atoms.